The number of nitrogens with one attached hydrogen (secondary N) is 2. The van der Waals surface area contributed by atoms with Crippen LogP contribution in [-0.4, -0.2) is 24.2 Å². The topological polar surface area (TPSA) is 76.2 Å². The van der Waals surface area contributed by atoms with E-state index in [4.69, 9.17) is 32.7 Å². The maximum absolute atomic E-state index is 11.4. The number of aromatic amines is 1. The van der Waals surface area contributed by atoms with Crippen LogP contribution in [0.15, 0.2) is 23.3 Å². The molecular weight excluding hydrogens is 305 g/mol. The van der Waals surface area contributed by atoms with Crippen molar-refractivity contribution in [2.75, 3.05) is 19.5 Å². The predicted octanol–water partition coefficient (Wildman–Crippen LogP) is 2.84. The van der Waals surface area contributed by atoms with Gasteiger partial charge in [0.15, 0.2) is 5.82 Å². The van der Waals surface area contributed by atoms with Crippen LogP contribution in [0.2, 0.25) is 10.0 Å². The molecule has 0 atom stereocenters. The zero-order valence-corrected chi connectivity index (χ0v) is 12.2. The summed E-state index contributed by atoms with van der Waals surface area (Å²) in [7, 11) is 2.99. The van der Waals surface area contributed by atoms with Gasteiger partial charge in [0.2, 0.25) is 0 Å². The van der Waals surface area contributed by atoms with E-state index in [2.05, 4.69) is 15.3 Å². The minimum Gasteiger partial charge on any atom is -0.495 e. The number of H-pyrrole nitrogens is 1. The second kappa shape index (κ2) is 6.02. The van der Waals surface area contributed by atoms with Gasteiger partial charge in [-0.3, -0.25) is 4.79 Å². The molecule has 1 aromatic heterocycles. The highest BCUT2D eigenvalue weighted by Crippen LogP contribution is 2.37. The van der Waals surface area contributed by atoms with Crippen LogP contribution in [0.3, 0.4) is 0 Å². The molecule has 0 bridgehead atoms. The van der Waals surface area contributed by atoms with Crippen molar-refractivity contribution in [1.82, 2.24) is 9.97 Å². The molecule has 0 radical (unpaired) electrons. The van der Waals surface area contributed by atoms with E-state index in [1.165, 1.54) is 20.5 Å². The van der Waals surface area contributed by atoms with E-state index in [1.54, 1.807) is 12.1 Å². The van der Waals surface area contributed by atoms with Crippen LogP contribution < -0.4 is 20.3 Å². The van der Waals surface area contributed by atoms with Gasteiger partial charge < -0.3 is 19.8 Å². The molecule has 6 nitrogen and oxygen atoms in total. The zero-order chi connectivity index (χ0) is 14.7. The van der Waals surface area contributed by atoms with Crippen molar-refractivity contribution in [2.45, 2.75) is 0 Å². The Bertz CT molecular complexity index is 688. The Morgan fingerprint density at radius 1 is 1.20 bits per heavy atom. The highest BCUT2D eigenvalue weighted by molar-refractivity contribution is 6.33. The van der Waals surface area contributed by atoms with E-state index < -0.39 is 5.56 Å². The third-order valence-corrected chi connectivity index (χ3v) is 3.17. The van der Waals surface area contributed by atoms with E-state index in [-0.39, 0.29) is 10.8 Å². The maximum atomic E-state index is 11.4. The van der Waals surface area contributed by atoms with Crippen molar-refractivity contribution < 1.29 is 9.47 Å². The molecule has 8 heteroatoms. The standard InChI is InChI=1S/C12H11Cl2N3O3/c1-19-8-4-7(9(20-2)3-6(8)13)17-11-10(14)12(18)16-5-15-11/h3-5H,1-2H3,(H2,15,16,17,18). The van der Waals surface area contributed by atoms with Gasteiger partial charge in [0.25, 0.3) is 5.56 Å². The number of halogens is 2. The number of nitrogens with zero attached hydrogens (tertiary/aromatic N) is 1. The molecule has 0 aliphatic rings. The molecule has 0 aliphatic carbocycles. The van der Waals surface area contributed by atoms with Gasteiger partial charge in [0.1, 0.15) is 16.5 Å². The summed E-state index contributed by atoms with van der Waals surface area (Å²) in [6, 6.07) is 3.21. The molecule has 2 aromatic rings. The SMILES string of the molecule is COc1cc(Nc2nc[nH]c(=O)c2Cl)c(OC)cc1Cl. The maximum Gasteiger partial charge on any atom is 0.271 e. The number of hydrogen-bond donors (Lipinski definition) is 2. The van der Waals surface area contributed by atoms with Gasteiger partial charge in [-0.15, -0.1) is 0 Å². The Hall–Kier alpha value is -1.92. The fraction of sp³-hybridized carbons (Fsp3) is 0.167. The Labute approximate surface area is 124 Å². The quantitative estimate of drug-likeness (QED) is 0.907. The fourth-order valence-electron chi connectivity index (χ4n) is 1.56. The lowest BCUT2D eigenvalue weighted by Gasteiger charge is -2.13. The second-order valence-corrected chi connectivity index (χ2v) is 4.49. The van der Waals surface area contributed by atoms with Gasteiger partial charge in [-0.25, -0.2) is 4.98 Å². The monoisotopic (exact) mass is 315 g/mol. The van der Waals surface area contributed by atoms with Crippen LogP contribution in [-0.2, 0) is 0 Å². The summed E-state index contributed by atoms with van der Waals surface area (Å²) in [5, 5.41) is 3.26. The van der Waals surface area contributed by atoms with Crippen LogP contribution >= 0.6 is 23.2 Å². The minimum atomic E-state index is -0.441. The van der Waals surface area contributed by atoms with Gasteiger partial charge in [-0.2, -0.15) is 0 Å². The summed E-state index contributed by atoms with van der Waals surface area (Å²) in [5.74, 6) is 1.13. The summed E-state index contributed by atoms with van der Waals surface area (Å²) >= 11 is 11.9. The molecule has 1 heterocycles. The third kappa shape index (κ3) is 2.81. The fourth-order valence-corrected chi connectivity index (χ4v) is 1.94. The molecule has 0 fully saturated rings. The van der Waals surface area contributed by atoms with Crippen molar-refractivity contribution in [2.24, 2.45) is 0 Å². The molecular formula is C12H11Cl2N3O3. The molecule has 0 amide bonds. The lowest BCUT2D eigenvalue weighted by atomic mass is 10.2. The number of aromatic nitrogens is 2. The Balaban J connectivity index is 2.47. The van der Waals surface area contributed by atoms with Crippen LogP contribution in [0.25, 0.3) is 0 Å². The average Bonchev–Trinajstić information content (AvgIpc) is 2.45. The number of methoxy groups -OCH3 is 2. The molecule has 0 spiro atoms. The van der Waals surface area contributed by atoms with Gasteiger partial charge in [-0.05, 0) is 0 Å². The summed E-state index contributed by atoms with van der Waals surface area (Å²) in [6.07, 6.45) is 1.25. The highest BCUT2D eigenvalue weighted by Gasteiger charge is 2.13. The zero-order valence-electron chi connectivity index (χ0n) is 10.7. The number of anilines is 2. The van der Waals surface area contributed by atoms with Crippen molar-refractivity contribution >= 4 is 34.7 Å². The first kappa shape index (κ1) is 14.5. The molecule has 2 rings (SSSR count). The van der Waals surface area contributed by atoms with Crippen LogP contribution in [0.5, 0.6) is 11.5 Å². The smallest absolute Gasteiger partial charge is 0.271 e. The molecule has 2 N–H and O–H groups in total. The molecule has 20 heavy (non-hydrogen) atoms. The molecule has 1 aromatic carbocycles. The van der Waals surface area contributed by atoms with Crippen molar-refractivity contribution in [3.05, 3.63) is 38.9 Å². The third-order valence-electron chi connectivity index (χ3n) is 2.52. The Kier molecular flexibility index (Phi) is 4.36. The lowest BCUT2D eigenvalue weighted by Crippen LogP contribution is -2.10. The predicted molar refractivity (Wildman–Crippen MR) is 77.7 cm³/mol. The number of benzene rings is 1. The van der Waals surface area contributed by atoms with E-state index in [0.29, 0.717) is 22.2 Å². The minimum absolute atomic E-state index is 0.0523. The molecule has 0 unspecified atom stereocenters. The summed E-state index contributed by atoms with van der Waals surface area (Å²) in [4.78, 5) is 17.7. The van der Waals surface area contributed by atoms with Crippen LogP contribution in [0, 0.1) is 0 Å². The Morgan fingerprint density at radius 2 is 1.90 bits per heavy atom. The largest absolute Gasteiger partial charge is 0.495 e. The molecule has 106 valence electrons. The Morgan fingerprint density at radius 3 is 2.55 bits per heavy atom. The first-order valence-electron chi connectivity index (χ1n) is 5.48. The molecule has 0 aliphatic heterocycles. The molecule has 0 saturated carbocycles. The second-order valence-electron chi connectivity index (χ2n) is 3.71. The van der Waals surface area contributed by atoms with E-state index >= 15 is 0 Å². The van der Waals surface area contributed by atoms with Crippen LogP contribution in [0.1, 0.15) is 0 Å². The summed E-state index contributed by atoms with van der Waals surface area (Å²) in [6.45, 7) is 0. The van der Waals surface area contributed by atoms with Crippen molar-refractivity contribution in [1.29, 1.82) is 0 Å². The van der Waals surface area contributed by atoms with Gasteiger partial charge in [0.05, 0.1) is 31.3 Å². The van der Waals surface area contributed by atoms with E-state index in [0.717, 1.165) is 0 Å². The number of rotatable bonds is 4. The van der Waals surface area contributed by atoms with Crippen molar-refractivity contribution in [3.8, 4) is 11.5 Å². The first-order valence-corrected chi connectivity index (χ1v) is 6.24. The summed E-state index contributed by atoms with van der Waals surface area (Å²) < 4.78 is 10.3. The first-order chi connectivity index (χ1) is 9.56. The number of hydrogen-bond acceptors (Lipinski definition) is 5. The van der Waals surface area contributed by atoms with Gasteiger partial charge in [-0.1, -0.05) is 23.2 Å². The summed E-state index contributed by atoms with van der Waals surface area (Å²) in [5.41, 5.74) is 0.0813. The average molecular weight is 316 g/mol. The highest BCUT2D eigenvalue weighted by atomic mass is 35.5. The van der Waals surface area contributed by atoms with Crippen molar-refractivity contribution in [3.63, 3.8) is 0 Å². The van der Waals surface area contributed by atoms with Crippen LogP contribution in [0.4, 0.5) is 11.5 Å². The number of ether oxygens (including phenoxy) is 2. The lowest BCUT2D eigenvalue weighted by molar-refractivity contribution is 0.405. The van der Waals surface area contributed by atoms with Gasteiger partial charge in [0, 0.05) is 12.1 Å². The van der Waals surface area contributed by atoms with E-state index in [1.807, 2.05) is 0 Å². The normalized spacial score (nSPS) is 10.2. The van der Waals surface area contributed by atoms with Gasteiger partial charge >= 0.3 is 0 Å². The molecule has 0 saturated heterocycles. The van der Waals surface area contributed by atoms with E-state index in [9.17, 15) is 4.79 Å².